The van der Waals surface area contributed by atoms with Crippen LogP contribution in [-0.2, 0) is 6.42 Å². The maximum absolute atomic E-state index is 2.76. The number of rotatable bonds is 5. The van der Waals surface area contributed by atoms with Crippen LogP contribution in [-0.4, -0.2) is 24.0 Å². The van der Waals surface area contributed by atoms with Crippen LogP contribution in [0.1, 0.15) is 31.7 Å². The van der Waals surface area contributed by atoms with E-state index in [1.54, 1.807) is 0 Å². The van der Waals surface area contributed by atoms with Crippen LogP contribution in [0.2, 0.25) is 0 Å². The lowest BCUT2D eigenvalue weighted by atomic mass is 10.0. The lowest BCUT2D eigenvalue weighted by Crippen LogP contribution is -2.36. The molecule has 0 spiro atoms. The Bertz CT molecular complexity index is 349. The molecule has 0 bridgehead atoms. The van der Waals surface area contributed by atoms with E-state index in [1.165, 1.54) is 44.3 Å². The molecule has 2 aliphatic rings. The number of benzene rings is 1. The lowest BCUT2D eigenvalue weighted by Gasteiger charge is -2.29. The number of piperidine rings is 1. The highest BCUT2D eigenvalue weighted by Crippen LogP contribution is 2.46. The molecule has 0 radical (unpaired) electrons. The van der Waals surface area contributed by atoms with Crippen molar-refractivity contribution >= 4 is 0 Å². The van der Waals surface area contributed by atoms with Crippen molar-refractivity contribution < 1.29 is 0 Å². The standard InChI is InChI=1S/C16H23N/c1-2-6-16(9-13-7-4-3-5-8-13)17-11-14-10-15(14)12-17/h3-5,7-8,14-16H,2,6,9-12H2,1H3. The highest BCUT2D eigenvalue weighted by Gasteiger charge is 2.46. The average molecular weight is 229 g/mol. The minimum Gasteiger partial charge on any atom is -0.299 e. The fourth-order valence-corrected chi connectivity index (χ4v) is 3.37. The first-order valence-corrected chi connectivity index (χ1v) is 7.14. The average Bonchev–Trinajstić information content (AvgIpc) is 2.97. The third-order valence-corrected chi connectivity index (χ3v) is 4.46. The number of likely N-dealkylation sites (tertiary alicyclic amines) is 1. The SMILES string of the molecule is CCCC(Cc1ccccc1)N1CC2CC2C1. The van der Waals surface area contributed by atoms with Crippen LogP contribution in [0, 0.1) is 11.8 Å². The molecule has 1 aromatic carbocycles. The number of nitrogens with zero attached hydrogens (tertiary/aromatic N) is 1. The summed E-state index contributed by atoms with van der Waals surface area (Å²) in [6, 6.07) is 11.8. The molecule has 1 saturated heterocycles. The maximum atomic E-state index is 2.76. The van der Waals surface area contributed by atoms with E-state index in [9.17, 15) is 0 Å². The predicted molar refractivity (Wildman–Crippen MR) is 72.0 cm³/mol. The van der Waals surface area contributed by atoms with Gasteiger partial charge in [0.2, 0.25) is 0 Å². The van der Waals surface area contributed by atoms with Gasteiger partial charge in [-0.05, 0) is 36.7 Å². The van der Waals surface area contributed by atoms with E-state index < -0.39 is 0 Å². The monoisotopic (exact) mass is 229 g/mol. The number of hydrogen-bond donors (Lipinski definition) is 0. The van der Waals surface area contributed by atoms with Crippen molar-refractivity contribution in [2.75, 3.05) is 13.1 Å². The van der Waals surface area contributed by atoms with Crippen LogP contribution < -0.4 is 0 Å². The van der Waals surface area contributed by atoms with Gasteiger partial charge in [-0.25, -0.2) is 0 Å². The molecule has 1 aliphatic heterocycles. The first-order chi connectivity index (χ1) is 8.36. The molecule has 17 heavy (non-hydrogen) atoms. The molecule has 1 nitrogen and oxygen atoms in total. The van der Waals surface area contributed by atoms with Gasteiger partial charge in [-0.2, -0.15) is 0 Å². The van der Waals surface area contributed by atoms with Gasteiger partial charge in [-0.1, -0.05) is 43.7 Å². The van der Waals surface area contributed by atoms with Gasteiger partial charge in [0, 0.05) is 19.1 Å². The zero-order valence-corrected chi connectivity index (χ0v) is 10.8. The van der Waals surface area contributed by atoms with Crippen molar-refractivity contribution in [2.45, 2.75) is 38.6 Å². The summed E-state index contributed by atoms with van der Waals surface area (Å²) in [7, 11) is 0. The van der Waals surface area contributed by atoms with Crippen molar-refractivity contribution in [1.82, 2.24) is 4.90 Å². The van der Waals surface area contributed by atoms with E-state index in [2.05, 4.69) is 42.2 Å². The Balaban J connectivity index is 1.63. The summed E-state index contributed by atoms with van der Waals surface area (Å²) >= 11 is 0. The summed E-state index contributed by atoms with van der Waals surface area (Å²) < 4.78 is 0. The lowest BCUT2D eigenvalue weighted by molar-refractivity contribution is 0.205. The van der Waals surface area contributed by atoms with Crippen LogP contribution >= 0.6 is 0 Å². The van der Waals surface area contributed by atoms with Crippen molar-refractivity contribution in [1.29, 1.82) is 0 Å². The first kappa shape index (κ1) is 11.3. The van der Waals surface area contributed by atoms with Gasteiger partial charge in [0.25, 0.3) is 0 Å². The molecule has 3 unspecified atom stereocenters. The van der Waals surface area contributed by atoms with Gasteiger partial charge in [0.05, 0.1) is 0 Å². The summed E-state index contributed by atoms with van der Waals surface area (Å²) in [5, 5.41) is 0. The second kappa shape index (κ2) is 4.81. The highest BCUT2D eigenvalue weighted by atomic mass is 15.2. The van der Waals surface area contributed by atoms with E-state index in [0.717, 1.165) is 17.9 Å². The minimum absolute atomic E-state index is 0.787. The minimum atomic E-state index is 0.787. The third kappa shape index (κ3) is 2.55. The normalized spacial score (nSPS) is 29.0. The van der Waals surface area contributed by atoms with Crippen LogP contribution in [0.15, 0.2) is 30.3 Å². The van der Waals surface area contributed by atoms with Crippen LogP contribution in [0.4, 0.5) is 0 Å². The molecular formula is C16H23N. The van der Waals surface area contributed by atoms with E-state index in [-0.39, 0.29) is 0 Å². The molecule has 2 fully saturated rings. The second-order valence-corrected chi connectivity index (χ2v) is 5.84. The van der Waals surface area contributed by atoms with Gasteiger partial charge in [0.1, 0.15) is 0 Å². The molecule has 0 aromatic heterocycles. The number of hydrogen-bond acceptors (Lipinski definition) is 1. The van der Waals surface area contributed by atoms with Crippen molar-refractivity contribution in [3.8, 4) is 0 Å². The molecule has 3 atom stereocenters. The number of fused-ring (bicyclic) bond motifs is 1. The highest BCUT2D eigenvalue weighted by molar-refractivity contribution is 5.16. The Hall–Kier alpha value is -0.820. The largest absolute Gasteiger partial charge is 0.299 e. The molecule has 1 aromatic rings. The Morgan fingerprint density at radius 2 is 1.88 bits per heavy atom. The molecule has 0 N–H and O–H groups in total. The Morgan fingerprint density at radius 1 is 1.18 bits per heavy atom. The third-order valence-electron chi connectivity index (χ3n) is 4.46. The van der Waals surface area contributed by atoms with Crippen LogP contribution in [0.3, 0.4) is 0 Å². The molecule has 1 heterocycles. The maximum Gasteiger partial charge on any atom is 0.0136 e. The van der Waals surface area contributed by atoms with E-state index in [1.807, 2.05) is 0 Å². The Labute approximate surface area is 105 Å². The zero-order valence-electron chi connectivity index (χ0n) is 10.8. The van der Waals surface area contributed by atoms with Crippen LogP contribution in [0.5, 0.6) is 0 Å². The quantitative estimate of drug-likeness (QED) is 0.748. The molecule has 1 heteroatoms. The summed E-state index contributed by atoms with van der Waals surface area (Å²) in [4.78, 5) is 2.76. The van der Waals surface area contributed by atoms with Gasteiger partial charge in [-0.15, -0.1) is 0 Å². The fraction of sp³-hybridized carbons (Fsp3) is 0.625. The van der Waals surface area contributed by atoms with Gasteiger partial charge in [0.15, 0.2) is 0 Å². The Morgan fingerprint density at radius 3 is 2.53 bits per heavy atom. The molecule has 0 amide bonds. The van der Waals surface area contributed by atoms with E-state index in [4.69, 9.17) is 0 Å². The van der Waals surface area contributed by atoms with Crippen molar-refractivity contribution in [3.05, 3.63) is 35.9 Å². The van der Waals surface area contributed by atoms with E-state index in [0.29, 0.717) is 0 Å². The Kier molecular flexibility index (Phi) is 3.19. The first-order valence-electron chi connectivity index (χ1n) is 7.14. The fourth-order valence-electron chi connectivity index (χ4n) is 3.37. The van der Waals surface area contributed by atoms with Gasteiger partial charge >= 0.3 is 0 Å². The van der Waals surface area contributed by atoms with E-state index >= 15 is 0 Å². The van der Waals surface area contributed by atoms with Crippen molar-refractivity contribution in [2.24, 2.45) is 11.8 Å². The van der Waals surface area contributed by atoms with Gasteiger partial charge in [-0.3, -0.25) is 4.90 Å². The summed E-state index contributed by atoms with van der Waals surface area (Å²) in [6.07, 6.45) is 5.42. The molecule has 3 rings (SSSR count). The van der Waals surface area contributed by atoms with Crippen molar-refractivity contribution in [3.63, 3.8) is 0 Å². The molecule has 1 aliphatic carbocycles. The summed E-state index contributed by atoms with van der Waals surface area (Å²) in [6.45, 7) is 5.07. The molecule has 1 saturated carbocycles. The zero-order chi connectivity index (χ0) is 11.7. The van der Waals surface area contributed by atoms with Gasteiger partial charge < -0.3 is 0 Å². The molecule has 92 valence electrons. The molecular weight excluding hydrogens is 206 g/mol. The smallest absolute Gasteiger partial charge is 0.0136 e. The van der Waals surface area contributed by atoms with Crippen LogP contribution in [0.25, 0.3) is 0 Å². The topological polar surface area (TPSA) is 3.24 Å². The predicted octanol–water partition coefficient (Wildman–Crippen LogP) is 3.35. The summed E-state index contributed by atoms with van der Waals surface area (Å²) in [5.41, 5.74) is 1.51. The summed E-state index contributed by atoms with van der Waals surface area (Å²) in [5.74, 6) is 2.12. The second-order valence-electron chi connectivity index (χ2n) is 5.84.